The Morgan fingerprint density at radius 1 is 1.32 bits per heavy atom. The molecule has 192 valence electrons. The molecule has 5 N–H and O–H groups in total. The summed E-state index contributed by atoms with van der Waals surface area (Å²) in [6.45, 7) is 5.70. The van der Waals surface area contributed by atoms with E-state index in [-0.39, 0.29) is 28.9 Å². The van der Waals surface area contributed by atoms with Crippen molar-refractivity contribution in [2.45, 2.75) is 33.6 Å². The number of halogens is 3. The van der Waals surface area contributed by atoms with Gasteiger partial charge in [-0.05, 0) is 17.9 Å². The first-order valence-electron chi connectivity index (χ1n) is 9.97. The zero-order valence-corrected chi connectivity index (χ0v) is 21.4. The Kier molecular flexibility index (Phi) is 14.7. The molecule has 2 rings (SSSR count). The maximum absolute atomic E-state index is 12.3. The third kappa shape index (κ3) is 14.4. The minimum atomic E-state index is -2.63. The van der Waals surface area contributed by atoms with Crippen LogP contribution in [0.4, 0.5) is 20.3 Å². The Balaban J connectivity index is 0.000000759. The van der Waals surface area contributed by atoms with Gasteiger partial charge in [0.25, 0.3) is 12.3 Å². The second kappa shape index (κ2) is 16.0. The highest BCUT2D eigenvalue weighted by molar-refractivity contribution is 7.84. The van der Waals surface area contributed by atoms with Crippen LogP contribution in [0.15, 0.2) is 24.4 Å². The zero-order chi connectivity index (χ0) is 26.3. The van der Waals surface area contributed by atoms with Gasteiger partial charge in [-0.1, -0.05) is 32.4 Å². The van der Waals surface area contributed by atoms with Gasteiger partial charge < -0.3 is 26.3 Å². The molecule has 2 heterocycles. The number of hydrogen-bond donors (Lipinski definition) is 3. The summed E-state index contributed by atoms with van der Waals surface area (Å²) in [5.74, 6) is 1.40. The number of hydrogen-bond acceptors (Lipinski definition) is 8. The molecule has 1 atom stereocenters. The summed E-state index contributed by atoms with van der Waals surface area (Å²) in [7, 11) is 1.04. The minimum absolute atomic E-state index is 0.00238. The molecule has 1 unspecified atom stereocenters. The number of carbonyl (C=O) groups excluding carboxylic acids is 1. The van der Waals surface area contributed by atoms with Gasteiger partial charge in [0.2, 0.25) is 12.3 Å². The summed E-state index contributed by atoms with van der Waals surface area (Å²) >= 11 is 5.78. The van der Waals surface area contributed by atoms with Gasteiger partial charge in [0.1, 0.15) is 6.61 Å². The van der Waals surface area contributed by atoms with E-state index in [2.05, 4.69) is 41.8 Å². The van der Waals surface area contributed by atoms with Gasteiger partial charge in [-0.2, -0.15) is 4.98 Å². The summed E-state index contributed by atoms with van der Waals surface area (Å²) in [6, 6.07) is 4.44. The van der Waals surface area contributed by atoms with Gasteiger partial charge in [0.15, 0.2) is 11.6 Å². The number of amides is 1. The van der Waals surface area contributed by atoms with Crippen molar-refractivity contribution in [3.8, 4) is 17.5 Å². The van der Waals surface area contributed by atoms with Crippen molar-refractivity contribution >= 4 is 40.3 Å². The van der Waals surface area contributed by atoms with Crippen molar-refractivity contribution in [3.05, 3.63) is 29.4 Å². The molecule has 2 aromatic rings. The standard InChI is InChI=1S/C13H13ClF2N4O2.C7H16OS.CH3NO/c1-18-12-8(17)2-3-11(20-12)22-13-9(21-6-10(15)16)4-7(14)5-19-13;1-7(2,3)5-6-9(4)8;2-1-3/h2-5,10H,6,17H2,1H3,(H,18,20);5-6H2,1-4H3;1H,(H2,2,3). The highest BCUT2D eigenvalue weighted by atomic mass is 35.5. The van der Waals surface area contributed by atoms with Crippen LogP contribution in [0.2, 0.25) is 5.02 Å². The third-order valence-corrected chi connectivity index (χ3v) is 4.61. The second-order valence-electron chi connectivity index (χ2n) is 7.82. The van der Waals surface area contributed by atoms with E-state index in [0.29, 0.717) is 16.9 Å². The molecule has 0 aromatic carbocycles. The fourth-order valence-electron chi connectivity index (χ4n) is 2.00. The van der Waals surface area contributed by atoms with Crippen LogP contribution in [-0.4, -0.2) is 52.7 Å². The highest BCUT2D eigenvalue weighted by Crippen LogP contribution is 2.32. The Morgan fingerprint density at radius 3 is 2.41 bits per heavy atom. The number of alkyl halides is 2. The molecule has 0 saturated heterocycles. The number of nitrogens with one attached hydrogen (secondary N) is 1. The first-order valence-corrected chi connectivity index (χ1v) is 12.1. The molecule has 1 amide bonds. The maximum atomic E-state index is 12.3. The largest absolute Gasteiger partial charge is 0.482 e. The third-order valence-electron chi connectivity index (χ3n) is 3.63. The average Bonchev–Trinajstić information content (AvgIpc) is 2.74. The lowest BCUT2D eigenvalue weighted by Crippen LogP contribution is -2.09. The smallest absolute Gasteiger partial charge is 0.272 e. The topological polar surface area (TPSA) is 142 Å². The Hall–Kier alpha value is -2.73. The number of nitrogen functional groups attached to an aromatic ring is 1. The predicted molar refractivity (Wildman–Crippen MR) is 132 cm³/mol. The van der Waals surface area contributed by atoms with E-state index in [9.17, 15) is 13.0 Å². The van der Waals surface area contributed by atoms with Crippen molar-refractivity contribution in [1.82, 2.24) is 9.97 Å². The zero-order valence-electron chi connectivity index (χ0n) is 19.8. The van der Waals surface area contributed by atoms with Crippen molar-refractivity contribution in [2.75, 3.05) is 36.7 Å². The van der Waals surface area contributed by atoms with Crippen molar-refractivity contribution in [1.29, 1.82) is 0 Å². The minimum Gasteiger partial charge on any atom is -0.482 e. The molecular weight excluding hydrogens is 492 g/mol. The van der Waals surface area contributed by atoms with Gasteiger partial charge in [0, 0.05) is 48.2 Å². The summed E-state index contributed by atoms with van der Waals surface area (Å²) in [4.78, 5) is 16.6. The number of rotatable bonds is 8. The first kappa shape index (κ1) is 31.3. The number of nitrogens with two attached hydrogens (primary N) is 2. The molecule has 0 saturated carbocycles. The average molecular weight is 524 g/mol. The van der Waals surface area contributed by atoms with Crippen LogP contribution < -0.4 is 26.3 Å². The molecule has 34 heavy (non-hydrogen) atoms. The fourth-order valence-corrected chi connectivity index (χ4v) is 3.05. The van der Waals surface area contributed by atoms with E-state index < -0.39 is 23.8 Å². The summed E-state index contributed by atoms with van der Waals surface area (Å²) < 4.78 is 45.5. The Morgan fingerprint density at radius 2 is 1.94 bits per heavy atom. The Labute approximate surface area is 206 Å². The van der Waals surface area contributed by atoms with Crippen LogP contribution in [0, 0.1) is 5.41 Å². The summed E-state index contributed by atoms with van der Waals surface area (Å²) in [6.07, 6.45) is 1.74. The van der Waals surface area contributed by atoms with Gasteiger partial charge in [0.05, 0.1) is 10.7 Å². The van der Waals surface area contributed by atoms with Crippen LogP contribution >= 0.6 is 11.6 Å². The van der Waals surface area contributed by atoms with Crippen molar-refractivity contribution in [3.63, 3.8) is 0 Å². The molecule has 0 spiro atoms. The van der Waals surface area contributed by atoms with Gasteiger partial charge in [-0.15, -0.1) is 0 Å². The van der Waals surface area contributed by atoms with Crippen LogP contribution in [0.25, 0.3) is 0 Å². The number of carbonyl (C=O) groups is 1. The van der Waals surface area contributed by atoms with Gasteiger partial charge in [-0.3, -0.25) is 9.00 Å². The summed E-state index contributed by atoms with van der Waals surface area (Å²) in [5, 5.41) is 3.03. The molecule has 2 aromatic heterocycles. The molecule has 0 aliphatic rings. The normalized spacial score (nSPS) is 11.3. The first-order chi connectivity index (χ1) is 15.8. The van der Waals surface area contributed by atoms with Crippen LogP contribution in [0.1, 0.15) is 27.2 Å². The van der Waals surface area contributed by atoms with E-state index in [1.54, 1.807) is 19.4 Å². The SMILES string of the molecule is CNc1nc(Oc2ncc(Cl)cc2OCC(F)F)ccc1N.CS(=O)CCC(C)(C)C.NC=O. The lowest BCUT2D eigenvalue weighted by atomic mass is 9.94. The fraction of sp³-hybridized carbons (Fsp3) is 0.476. The van der Waals surface area contributed by atoms with E-state index in [0.717, 1.165) is 12.2 Å². The maximum Gasteiger partial charge on any atom is 0.272 e. The lowest BCUT2D eigenvalue weighted by Gasteiger charge is -2.16. The van der Waals surface area contributed by atoms with Gasteiger partial charge >= 0.3 is 0 Å². The second-order valence-corrected chi connectivity index (χ2v) is 9.81. The van der Waals surface area contributed by atoms with Crippen LogP contribution in [-0.2, 0) is 15.6 Å². The number of aromatic nitrogens is 2. The predicted octanol–water partition coefficient (Wildman–Crippen LogP) is 4.09. The molecule has 0 aliphatic heterocycles. The lowest BCUT2D eigenvalue weighted by molar-refractivity contribution is -0.106. The van der Waals surface area contributed by atoms with Crippen molar-refractivity contribution < 1.29 is 27.3 Å². The molecule has 0 bridgehead atoms. The monoisotopic (exact) mass is 523 g/mol. The van der Waals surface area contributed by atoms with E-state index >= 15 is 0 Å². The molecule has 0 radical (unpaired) electrons. The number of nitrogens with zero attached hydrogens (tertiary/aromatic N) is 2. The molecule has 13 heteroatoms. The number of primary amides is 1. The summed E-state index contributed by atoms with van der Waals surface area (Å²) in [5.41, 5.74) is 10.6. The van der Waals surface area contributed by atoms with E-state index in [1.807, 2.05) is 0 Å². The van der Waals surface area contributed by atoms with Gasteiger partial charge in [-0.25, -0.2) is 13.8 Å². The highest BCUT2D eigenvalue weighted by Gasteiger charge is 2.14. The molecular formula is C21H32ClF2N5O4S. The number of pyridine rings is 2. The van der Waals surface area contributed by atoms with E-state index in [4.69, 9.17) is 31.6 Å². The molecule has 9 nitrogen and oxygen atoms in total. The van der Waals surface area contributed by atoms with Crippen LogP contribution in [0.5, 0.6) is 17.5 Å². The Bertz CT molecular complexity index is 917. The molecule has 0 fully saturated rings. The number of ether oxygens (including phenoxy) is 2. The quantitative estimate of drug-likeness (QED) is 0.439. The molecule has 0 aliphatic carbocycles. The van der Waals surface area contributed by atoms with E-state index in [1.165, 1.54) is 18.3 Å². The number of anilines is 2. The van der Waals surface area contributed by atoms with Crippen molar-refractivity contribution in [2.24, 2.45) is 11.1 Å². The van der Waals surface area contributed by atoms with Crippen LogP contribution in [0.3, 0.4) is 0 Å².